The molecule has 1 amide bonds. The van der Waals surface area contributed by atoms with Gasteiger partial charge in [0.05, 0.1) is 17.0 Å². The summed E-state index contributed by atoms with van der Waals surface area (Å²) in [6.07, 6.45) is 0.0220. The Morgan fingerprint density at radius 1 is 1.09 bits per heavy atom. The Labute approximate surface area is 203 Å². The molecule has 0 fully saturated rings. The molecule has 0 saturated carbocycles. The monoisotopic (exact) mass is 499 g/mol. The van der Waals surface area contributed by atoms with Gasteiger partial charge in [-0.15, -0.1) is 0 Å². The maximum atomic E-state index is 13.8. The van der Waals surface area contributed by atoms with E-state index in [2.05, 4.69) is 4.99 Å². The fraction of sp³-hybridized carbons (Fsp3) is 0.652. The number of aliphatic imine (C=N–C) groups is 1. The van der Waals surface area contributed by atoms with Crippen molar-refractivity contribution >= 4 is 21.9 Å². The van der Waals surface area contributed by atoms with Crippen LogP contribution in [-0.4, -0.2) is 62.7 Å². The van der Waals surface area contributed by atoms with E-state index in [0.29, 0.717) is 12.8 Å². The number of carbonyl (C=O) groups excluding carboxylic acids is 1. The molecule has 1 rings (SSSR count). The van der Waals surface area contributed by atoms with Crippen LogP contribution in [0.4, 0.5) is 0 Å². The van der Waals surface area contributed by atoms with Crippen LogP contribution in [0, 0.1) is 12.8 Å². The highest BCUT2D eigenvalue weighted by Gasteiger charge is 2.42. The zero-order valence-corrected chi connectivity index (χ0v) is 21.8. The Balaban J connectivity index is 3.49. The molecular weight excluding hydrogens is 458 g/mol. The Morgan fingerprint density at radius 2 is 1.65 bits per heavy atom. The van der Waals surface area contributed by atoms with Gasteiger partial charge in [-0.2, -0.15) is 0 Å². The Bertz CT molecular complexity index is 880. The molecule has 0 saturated heterocycles. The minimum absolute atomic E-state index is 0.000316. The lowest BCUT2D eigenvalue weighted by Gasteiger charge is -2.37. The molecule has 0 heterocycles. The summed E-state index contributed by atoms with van der Waals surface area (Å²) >= 11 is 0. The number of hydrogen-bond donors (Lipinski definition) is 3. The molecule has 2 atom stereocenters. The molecule has 0 aliphatic carbocycles. The first kappa shape index (κ1) is 29.8. The summed E-state index contributed by atoms with van der Waals surface area (Å²) in [6.45, 7) is 10.2. The van der Waals surface area contributed by atoms with Gasteiger partial charge in [-0.3, -0.25) is 9.79 Å². The largest absolute Gasteiger partial charge is 0.370 e. The van der Waals surface area contributed by atoms with Crippen molar-refractivity contribution in [2.75, 3.05) is 19.8 Å². The number of carbonyl (C=O) groups is 1. The van der Waals surface area contributed by atoms with Gasteiger partial charge in [0.15, 0.2) is 12.2 Å². The maximum Gasteiger partial charge on any atom is 0.266 e. The Hall–Kier alpha value is -2.21. The number of sulfonamides is 1. The average molecular weight is 500 g/mol. The molecule has 0 unspecified atom stereocenters. The third kappa shape index (κ3) is 8.86. The van der Waals surface area contributed by atoms with Crippen LogP contribution >= 0.6 is 0 Å². The number of nitrogens with two attached hydrogens (primary N) is 3. The van der Waals surface area contributed by atoms with Gasteiger partial charge in [0.25, 0.3) is 15.9 Å². The van der Waals surface area contributed by atoms with Gasteiger partial charge in [0.2, 0.25) is 0 Å². The molecule has 0 spiro atoms. The van der Waals surface area contributed by atoms with Crippen molar-refractivity contribution in [3.05, 3.63) is 29.8 Å². The summed E-state index contributed by atoms with van der Waals surface area (Å²) in [5.41, 5.74) is 17.8. The van der Waals surface area contributed by atoms with Crippen molar-refractivity contribution in [3.8, 4) is 0 Å². The highest BCUT2D eigenvalue weighted by atomic mass is 32.2. The van der Waals surface area contributed by atoms with Gasteiger partial charge in [0, 0.05) is 19.8 Å². The van der Waals surface area contributed by atoms with Crippen molar-refractivity contribution in [2.45, 2.75) is 77.2 Å². The Kier molecular flexibility index (Phi) is 12.5. The smallest absolute Gasteiger partial charge is 0.266 e. The van der Waals surface area contributed by atoms with E-state index in [9.17, 15) is 13.2 Å². The molecule has 1 aromatic carbocycles. The fourth-order valence-corrected chi connectivity index (χ4v) is 5.11. The molecule has 6 N–H and O–H groups in total. The summed E-state index contributed by atoms with van der Waals surface area (Å²) < 4.78 is 40.1. The second kappa shape index (κ2) is 14.2. The SMILES string of the molecule is CCOC(OCC)[C@H](CC(C)C)N(C(=O)[C@@H](N)CCCN=C(N)N)S(=O)(=O)c1ccc(C)cc1. The van der Waals surface area contributed by atoms with Crippen molar-refractivity contribution < 1.29 is 22.7 Å². The fourth-order valence-electron chi connectivity index (χ4n) is 3.49. The van der Waals surface area contributed by atoms with E-state index in [1.807, 2.05) is 20.8 Å². The molecule has 0 aliphatic rings. The minimum atomic E-state index is -4.26. The number of aryl methyl sites for hydroxylation is 1. The van der Waals surface area contributed by atoms with Crippen LogP contribution in [-0.2, 0) is 24.3 Å². The van der Waals surface area contributed by atoms with E-state index in [-0.39, 0.29) is 43.0 Å². The average Bonchev–Trinajstić information content (AvgIpc) is 2.75. The molecule has 1 aromatic rings. The molecule has 10 nitrogen and oxygen atoms in total. The quantitative estimate of drug-likeness (QED) is 0.142. The number of benzene rings is 1. The van der Waals surface area contributed by atoms with Gasteiger partial charge < -0.3 is 26.7 Å². The standard InChI is InChI=1S/C23H41N5O5S/c1-6-32-22(33-7-2)20(15-16(3)4)28(21(29)19(24)9-8-14-27-23(25)26)34(30,31)18-12-10-17(5)11-13-18/h10-13,16,19-20,22H,6-9,14-15,24H2,1-5H3,(H4,25,26,27)/t19-,20-/m0/s1. The predicted octanol–water partition coefficient (Wildman–Crippen LogP) is 1.71. The first-order chi connectivity index (χ1) is 15.9. The highest BCUT2D eigenvalue weighted by molar-refractivity contribution is 7.89. The van der Waals surface area contributed by atoms with E-state index in [1.165, 1.54) is 12.1 Å². The summed E-state index contributed by atoms with van der Waals surface area (Å²) in [6, 6.07) is 4.36. The molecule has 34 heavy (non-hydrogen) atoms. The lowest BCUT2D eigenvalue weighted by molar-refractivity contribution is -0.173. The topological polar surface area (TPSA) is 163 Å². The lowest BCUT2D eigenvalue weighted by atomic mass is 10.0. The highest BCUT2D eigenvalue weighted by Crippen LogP contribution is 2.27. The van der Waals surface area contributed by atoms with Crippen LogP contribution in [0.5, 0.6) is 0 Å². The van der Waals surface area contributed by atoms with Crippen LogP contribution < -0.4 is 17.2 Å². The van der Waals surface area contributed by atoms with Gasteiger partial charge in [-0.25, -0.2) is 12.7 Å². The second-order valence-corrected chi connectivity index (χ2v) is 10.3. The van der Waals surface area contributed by atoms with Crippen LogP contribution in [0.1, 0.15) is 52.5 Å². The third-order valence-corrected chi connectivity index (χ3v) is 6.91. The zero-order chi connectivity index (χ0) is 25.9. The van der Waals surface area contributed by atoms with E-state index >= 15 is 0 Å². The van der Waals surface area contributed by atoms with Crippen molar-refractivity contribution in [2.24, 2.45) is 28.1 Å². The molecule has 194 valence electrons. The second-order valence-electron chi connectivity index (χ2n) is 8.48. The number of guanidine groups is 1. The predicted molar refractivity (Wildman–Crippen MR) is 133 cm³/mol. The van der Waals surface area contributed by atoms with Crippen molar-refractivity contribution in [1.82, 2.24) is 4.31 Å². The molecule has 0 radical (unpaired) electrons. The molecule has 11 heteroatoms. The zero-order valence-electron chi connectivity index (χ0n) is 20.9. The van der Waals surface area contributed by atoms with Crippen molar-refractivity contribution in [1.29, 1.82) is 0 Å². The molecular formula is C23H41N5O5S. The molecule has 0 bridgehead atoms. The number of rotatable bonds is 15. The van der Waals surface area contributed by atoms with Crippen LogP contribution in [0.2, 0.25) is 0 Å². The number of nitrogens with zero attached hydrogens (tertiary/aromatic N) is 2. The van der Waals surface area contributed by atoms with E-state index in [1.54, 1.807) is 26.0 Å². The number of amides is 1. The van der Waals surface area contributed by atoms with Gasteiger partial charge in [0.1, 0.15) is 0 Å². The first-order valence-electron chi connectivity index (χ1n) is 11.6. The van der Waals surface area contributed by atoms with Gasteiger partial charge in [-0.05, 0) is 58.1 Å². The summed E-state index contributed by atoms with van der Waals surface area (Å²) in [5, 5.41) is 0. The summed E-state index contributed by atoms with van der Waals surface area (Å²) in [5.74, 6) is -0.730. The van der Waals surface area contributed by atoms with E-state index in [0.717, 1.165) is 9.87 Å². The molecule has 0 aromatic heterocycles. The maximum absolute atomic E-state index is 13.8. The summed E-state index contributed by atoms with van der Waals surface area (Å²) in [7, 11) is -4.26. The van der Waals surface area contributed by atoms with Crippen LogP contribution in [0.25, 0.3) is 0 Å². The van der Waals surface area contributed by atoms with Crippen molar-refractivity contribution in [3.63, 3.8) is 0 Å². The van der Waals surface area contributed by atoms with Gasteiger partial charge in [-0.1, -0.05) is 31.5 Å². The van der Waals surface area contributed by atoms with Gasteiger partial charge >= 0.3 is 0 Å². The van der Waals surface area contributed by atoms with Crippen LogP contribution in [0.3, 0.4) is 0 Å². The Morgan fingerprint density at radius 3 is 2.12 bits per heavy atom. The summed E-state index contributed by atoms with van der Waals surface area (Å²) in [4.78, 5) is 17.5. The normalized spacial score (nSPS) is 13.6. The number of ether oxygens (including phenoxy) is 2. The number of hydrogen-bond acceptors (Lipinski definition) is 7. The first-order valence-corrected chi connectivity index (χ1v) is 13.1. The van der Waals surface area contributed by atoms with E-state index in [4.69, 9.17) is 26.7 Å². The minimum Gasteiger partial charge on any atom is -0.370 e. The lowest BCUT2D eigenvalue weighted by Crippen LogP contribution is -2.56. The molecule has 0 aliphatic heterocycles. The van der Waals surface area contributed by atoms with Crippen LogP contribution in [0.15, 0.2) is 34.2 Å². The van der Waals surface area contributed by atoms with E-state index < -0.39 is 34.3 Å². The third-order valence-electron chi connectivity index (χ3n) is 5.07.